The summed E-state index contributed by atoms with van der Waals surface area (Å²) in [5, 5.41) is 13.8. The smallest absolute Gasteiger partial charge is 0.280 e. The van der Waals surface area contributed by atoms with Gasteiger partial charge in [0.25, 0.3) is 5.69 Å². The molecule has 1 aromatic rings. The molecule has 0 saturated heterocycles. The minimum Gasteiger partial charge on any atom is -0.298 e. The van der Waals surface area contributed by atoms with Gasteiger partial charge in [0.05, 0.1) is 4.92 Å². The second-order valence-corrected chi connectivity index (χ2v) is 2.79. The number of nitrogens with zero attached hydrogens (tertiary/aromatic N) is 4. The van der Waals surface area contributed by atoms with E-state index >= 15 is 0 Å². The number of nitro groups is 1. The zero-order valence-corrected chi connectivity index (χ0v) is 7.75. The third kappa shape index (κ3) is 2.09. The third-order valence-corrected chi connectivity index (χ3v) is 1.73. The summed E-state index contributed by atoms with van der Waals surface area (Å²) in [4.78, 5) is 23.0. The Morgan fingerprint density at radius 1 is 1.60 bits per heavy atom. The van der Waals surface area contributed by atoms with Gasteiger partial charge in [-0.3, -0.25) is 14.9 Å². The van der Waals surface area contributed by atoms with Crippen LogP contribution in [-0.4, -0.2) is 11.2 Å². The molecule has 0 aliphatic rings. The molecule has 0 aromatic heterocycles. The van der Waals surface area contributed by atoms with Gasteiger partial charge in [0.2, 0.25) is 0 Å². The fraction of sp³-hybridized carbons (Fsp3) is 0.125. The van der Waals surface area contributed by atoms with Crippen LogP contribution >= 0.6 is 0 Å². The number of benzene rings is 1. The first-order chi connectivity index (χ1) is 7.10. The van der Waals surface area contributed by atoms with Crippen molar-refractivity contribution < 1.29 is 9.72 Å². The summed E-state index contributed by atoms with van der Waals surface area (Å²) >= 11 is 0. The molecule has 7 nitrogen and oxygen atoms in total. The first-order valence-electron chi connectivity index (χ1n) is 3.89. The summed E-state index contributed by atoms with van der Waals surface area (Å²) in [5.41, 5.74) is 8.19. The summed E-state index contributed by atoms with van der Waals surface area (Å²) in [5.74, 6) is 0. The summed E-state index contributed by atoms with van der Waals surface area (Å²) in [7, 11) is 0. The third-order valence-electron chi connectivity index (χ3n) is 1.73. The van der Waals surface area contributed by atoms with Crippen LogP contribution in [-0.2, 0) is 0 Å². The van der Waals surface area contributed by atoms with Crippen LogP contribution in [0.25, 0.3) is 10.4 Å². The highest BCUT2D eigenvalue weighted by molar-refractivity contribution is 5.87. The van der Waals surface area contributed by atoms with Gasteiger partial charge in [-0.1, -0.05) is 5.11 Å². The van der Waals surface area contributed by atoms with Crippen LogP contribution in [0.3, 0.4) is 0 Å². The predicted octanol–water partition coefficient (Wildman–Crippen LogP) is 2.66. The average molecular weight is 206 g/mol. The molecule has 1 aromatic carbocycles. The van der Waals surface area contributed by atoms with Gasteiger partial charge < -0.3 is 0 Å². The maximum atomic E-state index is 10.6. The van der Waals surface area contributed by atoms with E-state index in [0.717, 1.165) is 0 Å². The van der Waals surface area contributed by atoms with Gasteiger partial charge in [-0.25, -0.2) is 0 Å². The van der Waals surface area contributed by atoms with Gasteiger partial charge in [0.1, 0.15) is 5.69 Å². The fourth-order valence-electron chi connectivity index (χ4n) is 1.17. The van der Waals surface area contributed by atoms with Crippen LogP contribution in [0.5, 0.6) is 0 Å². The quantitative estimate of drug-likeness (QED) is 0.189. The number of hydrogen-bond acceptors (Lipinski definition) is 4. The van der Waals surface area contributed by atoms with Crippen molar-refractivity contribution in [1.29, 1.82) is 0 Å². The van der Waals surface area contributed by atoms with Crippen molar-refractivity contribution in [1.82, 2.24) is 0 Å². The molecule has 0 N–H and O–H groups in total. The molecule has 0 heterocycles. The van der Waals surface area contributed by atoms with Gasteiger partial charge in [-0.2, -0.15) is 0 Å². The maximum Gasteiger partial charge on any atom is 0.280 e. The highest BCUT2D eigenvalue weighted by Gasteiger charge is 2.17. The fourth-order valence-corrected chi connectivity index (χ4v) is 1.17. The highest BCUT2D eigenvalue weighted by Crippen LogP contribution is 2.31. The van der Waals surface area contributed by atoms with Crippen molar-refractivity contribution in [2.24, 2.45) is 5.11 Å². The van der Waals surface area contributed by atoms with E-state index < -0.39 is 4.92 Å². The minimum absolute atomic E-state index is 0.0134. The molecular formula is C8H6N4O3. The van der Waals surface area contributed by atoms with Gasteiger partial charge in [0.15, 0.2) is 6.29 Å². The average Bonchev–Trinajstić information content (AvgIpc) is 2.19. The van der Waals surface area contributed by atoms with Crippen LogP contribution in [0.2, 0.25) is 0 Å². The monoisotopic (exact) mass is 206 g/mol. The molecular weight excluding hydrogens is 200 g/mol. The van der Waals surface area contributed by atoms with Crippen LogP contribution < -0.4 is 0 Å². The van der Waals surface area contributed by atoms with Crippen LogP contribution in [0.4, 0.5) is 11.4 Å². The predicted molar refractivity (Wildman–Crippen MR) is 52.0 cm³/mol. The second kappa shape index (κ2) is 4.21. The number of carbonyl (C=O) groups excluding carboxylic acids is 1. The Balaban J connectivity index is 3.60. The Morgan fingerprint density at radius 3 is 2.73 bits per heavy atom. The number of aryl methyl sites for hydroxylation is 1. The molecule has 0 amide bonds. The van der Waals surface area contributed by atoms with Crippen molar-refractivity contribution in [2.75, 3.05) is 0 Å². The molecule has 0 aliphatic carbocycles. The van der Waals surface area contributed by atoms with Crippen molar-refractivity contribution in [2.45, 2.75) is 6.92 Å². The van der Waals surface area contributed by atoms with Gasteiger partial charge in [-0.15, -0.1) is 0 Å². The van der Waals surface area contributed by atoms with Crippen LogP contribution in [0.1, 0.15) is 15.9 Å². The van der Waals surface area contributed by atoms with Crippen molar-refractivity contribution in [3.05, 3.63) is 43.8 Å². The number of carbonyl (C=O) groups is 1. The van der Waals surface area contributed by atoms with Crippen molar-refractivity contribution in [3.63, 3.8) is 0 Å². The summed E-state index contributed by atoms with van der Waals surface area (Å²) in [6.45, 7) is 1.61. The van der Waals surface area contributed by atoms with Crippen molar-refractivity contribution >= 4 is 17.7 Å². The zero-order chi connectivity index (χ0) is 11.4. The van der Waals surface area contributed by atoms with E-state index in [9.17, 15) is 14.9 Å². The maximum absolute atomic E-state index is 10.6. The Bertz CT molecular complexity index is 477. The van der Waals surface area contributed by atoms with Gasteiger partial charge in [0, 0.05) is 16.5 Å². The minimum atomic E-state index is -0.690. The highest BCUT2D eigenvalue weighted by atomic mass is 16.6. The van der Waals surface area contributed by atoms with Gasteiger partial charge in [-0.05, 0) is 24.1 Å². The standard InChI is InChI=1S/C8H6N4O3/c1-5-2-6(4-13)8(10-11-9)7(3-5)12(14)15/h2-4H,1H3. The van der Waals surface area contributed by atoms with Gasteiger partial charge >= 0.3 is 0 Å². The molecule has 0 atom stereocenters. The summed E-state index contributed by atoms with van der Waals surface area (Å²) < 4.78 is 0. The number of aldehydes is 1. The van der Waals surface area contributed by atoms with Crippen LogP contribution in [0.15, 0.2) is 17.2 Å². The molecule has 0 radical (unpaired) electrons. The topological polar surface area (TPSA) is 109 Å². The van der Waals surface area contributed by atoms with E-state index in [-0.39, 0.29) is 16.9 Å². The largest absolute Gasteiger partial charge is 0.298 e. The second-order valence-electron chi connectivity index (χ2n) is 2.79. The zero-order valence-electron chi connectivity index (χ0n) is 7.75. The SMILES string of the molecule is Cc1cc(C=O)c(N=[N+]=[N-])c([N+](=O)[O-])c1. The molecule has 15 heavy (non-hydrogen) atoms. The Kier molecular flexibility index (Phi) is 3.00. The van der Waals surface area contributed by atoms with E-state index in [1.165, 1.54) is 12.1 Å². The van der Waals surface area contributed by atoms with E-state index in [2.05, 4.69) is 10.0 Å². The molecule has 1 rings (SSSR count). The lowest BCUT2D eigenvalue weighted by molar-refractivity contribution is -0.384. The Hall–Kier alpha value is -2.40. The number of azide groups is 1. The molecule has 0 saturated carbocycles. The molecule has 7 heteroatoms. The molecule has 0 spiro atoms. The first-order valence-corrected chi connectivity index (χ1v) is 3.89. The Labute approximate surface area is 84.1 Å². The van der Waals surface area contributed by atoms with E-state index in [1.807, 2.05) is 0 Å². The summed E-state index contributed by atoms with van der Waals surface area (Å²) in [6.07, 6.45) is 0.421. The lowest BCUT2D eigenvalue weighted by Gasteiger charge is -2.01. The first kappa shape index (κ1) is 10.7. The lowest BCUT2D eigenvalue weighted by atomic mass is 10.1. The van der Waals surface area contributed by atoms with E-state index in [1.54, 1.807) is 6.92 Å². The molecule has 0 fully saturated rings. The van der Waals surface area contributed by atoms with Crippen LogP contribution in [0, 0.1) is 17.0 Å². The molecule has 0 aliphatic heterocycles. The molecule has 0 bridgehead atoms. The molecule has 0 unspecified atom stereocenters. The number of rotatable bonds is 3. The normalized spacial score (nSPS) is 9.13. The van der Waals surface area contributed by atoms with E-state index in [4.69, 9.17) is 5.53 Å². The summed E-state index contributed by atoms with van der Waals surface area (Å²) in [6, 6.07) is 2.67. The number of nitro benzene ring substituents is 1. The Morgan fingerprint density at radius 2 is 2.27 bits per heavy atom. The molecule has 76 valence electrons. The number of hydrogen-bond donors (Lipinski definition) is 0. The van der Waals surface area contributed by atoms with E-state index in [0.29, 0.717) is 11.8 Å². The van der Waals surface area contributed by atoms with Crippen molar-refractivity contribution in [3.8, 4) is 0 Å². The lowest BCUT2D eigenvalue weighted by Crippen LogP contribution is -1.93.